The van der Waals surface area contributed by atoms with E-state index in [1.54, 1.807) is 0 Å². The number of nitrogens with one attached hydrogen (secondary N) is 2. The van der Waals surface area contributed by atoms with E-state index in [-0.39, 0.29) is 12.5 Å². The number of nitrogens with two attached hydrogens (primary N) is 1. The second-order valence-electron chi connectivity index (χ2n) is 4.51. The quantitative estimate of drug-likeness (QED) is 0.705. The number of carbonyl (C=O) groups excluding carboxylic acids is 1. The molecule has 1 atom stereocenters. The summed E-state index contributed by atoms with van der Waals surface area (Å²) < 4.78 is 4.86. The van der Waals surface area contributed by atoms with Crippen LogP contribution in [0.1, 0.15) is 11.6 Å². The van der Waals surface area contributed by atoms with Gasteiger partial charge >= 0.3 is 6.09 Å². The molecule has 1 heterocycles. The third kappa shape index (κ3) is 3.39. The number of benzene rings is 1. The number of H-pyrrole nitrogens is 1. The Morgan fingerprint density at radius 3 is 3.00 bits per heavy atom. The smallest absolute Gasteiger partial charge is 0.407 e. The van der Waals surface area contributed by atoms with Crippen LogP contribution in [0.4, 0.5) is 4.79 Å². The number of fused-ring (bicyclic) bond motifs is 1. The number of aromatic amines is 1. The van der Waals surface area contributed by atoms with Crippen LogP contribution in [0, 0.1) is 0 Å². The van der Waals surface area contributed by atoms with Crippen molar-refractivity contribution in [1.82, 2.24) is 10.3 Å². The van der Waals surface area contributed by atoms with Gasteiger partial charge in [0, 0.05) is 30.2 Å². The Bertz CT molecular complexity index is 559. The van der Waals surface area contributed by atoms with Gasteiger partial charge in [-0.05, 0) is 17.5 Å². The molecule has 0 fully saturated rings. The number of alkyl carbamates (subject to hydrolysis) is 1. The van der Waals surface area contributed by atoms with Crippen molar-refractivity contribution in [2.24, 2.45) is 5.73 Å². The van der Waals surface area contributed by atoms with Gasteiger partial charge in [0.1, 0.15) is 6.61 Å². The zero-order valence-electron chi connectivity index (χ0n) is 11.3. The average molecular weight is 273 g/mol. The van der Waals surface area contributed by atoms with Crippen LogP contribution in [0.5, 0.6) is 0 Å². The zero-order chi connectivity index (χ0) is 14.4. The Labute approximate surface area is 117 Å². The predicted octanol–water partition coefficient (Wildman–Crippen LogP) is 2.12. The van der Waals surface area contributed by atoms with E-state index in [2.05, 4.69) is 22.9 Å². The van der Waals surface area contributed by atoms with Gasteiger partial charge in [-0.3, -0.25) is 0 Å². The second-order valence-corrected chi connectivity index (χ2v) is 4.51. The molecule has 106 valence electrons. The van der Waals surface area contributed by atoms with E-state index in [1.807, 2.05) is 24.3 Å². The lowest BCUT2D eigenvalue weighted by molar-refractivity contribution is 0.157. The molecule has 0 saturated heterocycles. The SMILES string of the molecule is C=CCOC(=O)NC[C@@H](CN)c1cc2ccccc2[nH]1. The number of hydrogen-bond donors (Lipinski definition) is 3. The Morgan fingerprint density at radius 2 is 2.30 bits per heavy atom. The fourth-order valence-electron chi connectivity index (χ4n) is 2.03. The summed E-state index contributed by atoms with van der Waals surface area (Å²) in [6.45, 7) is 4.55. The minimum atomic E-state index is -0.459. The highest BCUT2D eigenvalue weighted by Crippen LogP contribution is 2.20. The van der Waals surface area contributed by atoms with Crippen LogP contribution in [-0.4, -0.2) is 30.8 Å². The van der Waals surface area contributed by atoms with Gasteiger partial charge in [0.2, 0.25) is 0 Å². The van der Waals surface area contributed by atoms with Gasteiger partial charge < -0.3 is 20.8 Å². The van der Waals surface area contributed by atoms with Crippen molar-refractivity contribution >= 4 is 17.0 Å². The van der Waals surface area contributed by atoms with Gasteiger partial charge in [-0.25, -0.2) is 4.79 Å². The number of ether oxygens (including phenoxy) is 1. The van der Waals surface area contributed by atoms with E-state index in [9.17, 15) is 4.79 Å². The van der Waals surface area contributed by atoms with Crippen LogP contribution in [0.2, 0.25) is 0 Å². The third-order valence-corrected chi connectivity index (χ3v) is 3.10. The maximum atomic E-state index is 11.4. The molecule has 2 aromatic rings. The maximum absolute atomic E-state index is 11.4. The van der Waals surface area contributed by atoms with Gasteiger partial charge in [0.05, 0.1) is 0 Å². The molecular formula is C15H19N3O2. The number of carbonyl (C=O) groups is 1. The fourth-order valence-corrected chi connectivity index (χ4v) is 2.03. The van der Waals surface area contributed by atoms with Crippen LogP contribution in [-0.2, 0) is 4.74 Å². The summed E-state index contributed by atoms with van der Waals surface area (Å²) in [5, 5.41) is 3.84. The lowest BCUT2D eigenvalue weighted by Gasteiger charge is -2.14. The number of amides is 1. The minimum absolute atomic E-state index is 0.0266. The minimum Gasteiger partial charge on any atom is -0.445 e. The summed E-state index contributed by atoms with van der Waals surface area (Å²) >= 11 is 0. The van der Waals surface area contributed by atoms with Crippen LogP contribution >= 0.6 is 0 Å². The zero-order valence-corrected chi connectivity index (χ0v) is 11.3. The summed E-state index contributed by atoms with van der Waals surface area (Å²) in [4.78, 5) is 14.7. The molecule has 0 spiro atoms. The highest BCUT2D eigenvalue weighted by Gasteiger charge is 2.14. The molecule has 0 radical (unpaired) electrons. The summed E-state index contributed by atoms with van der Waals surface area (Å²) in [5.74, 6) is 0.0266. The lowest BCUT2D eigenvalue weighted by atomic mass is 10.1. The molecule has 0 aliphatic heterocycles. The molecule has 2 rings (SSSR count). The number of para-hydroxylation sites is 1. The molecule has 5 nitrogen and oxygen atoms in total. The summed E-state index contributed by atoms with van der Waals surface area (Å²) in [7, 11) is 0. The van der Waals surface area contributed by atoms with E-state index in [0.29, 0.717) is 13.1 Å². The van der Waals surface area contributed by atoms with Crippen molar-refractivity contribution < 1.29 is 9.53 Å². The van der Waals surface area contributed by atoms with E-state index in [0.717, 1.165) is 16.6 Å². The highest BCUT2D eigenvalue weighted by atomic mass is 16.5. The monoisotopic (exact) mass is 273 g/mol. The van der Waals surface area contributed by atoms with Gasteiger partial charge in [0.15, 0.2) is 0 Å². The first-order valence-electron chi connectivity index (χ1n) is 6.54. The number of aromatic nitrogens is 1. The van der Waals surface area contributed by atoms with Crippen LogP contribution < -0.4 is 11.1 Å². The number of hydrogen-bond acceptors (Lipinski definition) is 3. The molecule has 0 bridgehead atoms. The van der Waals surface area contributed by atoms with Crippen molar-refractivity contribution in [3.63, 3.8) is 0 Å². The molecule has 1 aromatic heterocycles. The van der Waals surface area contributed by atoms with E-state index >= 15 is 0 Å². The van der Waals surface area contributed by atoms with Crippen molar-refractivity contribution in [3.8, 4) is 0 Å². The first kappa shape index (κ1) is 14.1. The molecule has 20 heavy (non-hydrogen) atoms. The molecular weight excluding hydrogens is 254 g/mol. The summed E-state index contributed by atoms with van der Waals surface area (Å²) in [5.41, 5.74) is 7.86. The summed E-state index contributed by atoms with van der Waals surface area (Å²) in [6.07, 6.45) is 1.07. The molecule has 0 aliphatic rings. The second kappa shape index (κ2) is 6.77. The van der Waals surface area contributed by atoms with Gasteiger partial charge in [-0.15, -0.1) is 0 Å². The number of rotatable bonds is 6. The molecule has 5 heteroatoms. The van der Waals surface area contributed by atoms with E-state index < -0.39 is 6.09 Å². The van der Waals surface area contributed by atoms with Crippen LogP contribution in [0.3, 0.4) is 0 Å². The van der Waals surface area contributed by atoms with E-state index in [4.69, 9.17) is 10.5 Å². The maximum Gasteiger partial charge on any atom is 0.407 e. The predicted molar refractivity (Wildman–Crippen MR) is 79.6 cm³/mol. The molecule has 0 aliphatic carbocycles. The van der Waals surface area contributed by atoms with Crippen molar-refractivity contribution in [2.45, 2.75) is 5.92 Å². The topological polar surface area (TPSA) is 80.1 Å². The van der Waals surface area contributed by atoms with Crippen molar-refractivity contribution in [1.29, 1.82) is 0 Å². The molecule has 1 amide bonds. The van der Waals surface area contributed by atoms with Gasteiger partial charge in [0.25, 0.3) is 0 Å². The van der Waals surface area contributed by atoms with Crippen LogP contribution in [0.25, 0.3) is 10.9 Å². The fraction of sp³-hybridized carbons (Fsp3) is 0.267. The molecule has 1 aromatic carbocycles. The van der Waals surface area contributed by atoms with Crippen molar-refractivity contribution in [2.75, 3.05) is 19.7 Å². The van der Waals surface area contributed by atoms with Crippen LogP contribution in [0.15, 0.2) is 43.0 Å². The Balaban J connectivity index is 2.00. The van der Waals surface area contributed by atoms with Gasteiger partial charge in [-0.2, -0.15) is 0 Å². The first-order chi connectivity index (χ1) is 9.74. The summed E-state index contributed by atoms with van der Waals surface area (Å²) in [6, 6.07) is 10.1. The normalized spacial score (nSPS) is 12.1. The largest absolute Gasteiger partial charge is 0.445 e. The Kier molecular flexibility index (Phi) is 4.79. The van der Waals surface area contributed by atoms with E-state index in [1.165, 1.54) is 6.08 Å². The average Bonchev–Trinajstić information content (AvgIpc) is 2.89. The molecule has 0 unspecified atom stereocenters. The van der Waals surface area contributed by atoms with Gasteiger partial charge in [-0.1, -0.05) is 30.9 Å². The molecule has 4 N–H and O–H groups in total. The standard InChI is InChI=1S/C15H19N3O2/c1-2-7-20-15(19)17-10-12(9-16)14-8-11-5-3-4-6-13(11)18-14/h2-6,8,12,18H,1,7,9-10,16H2,(H,17,19)/t12-/m1/s1. The molecule has 0 saturated carbocycles. The third-order valence-electron chi connectivity index (χ3n) is 3.10. The lowest BCUT2D eigenvalue weighted by Crippen LogP contribution is -2.32. The Hall–Kier alpha value is -2.27. The Morgan fingerprint density at radius 1 is 1.50 bits per heavy atom. The van der Waals surface area contributed by atoms with Crippen molar-refractivity contribution in [3.05, 3.63) is 48.7 Å². The first-order valence-corrected chi connectivity index (χ1v) is 6.54. The highest BCUT2D eigenvalue weighted by molar-refractivity contribution is 5.80.